The molecule has 0 saturated heterocycles. The summed E-state index contributed by atoms with van der Waals surface area (Å²) in [5.74, 6) is -1.34. The normalized spacial score (nSPS) is 12.7. The molecule has 2 rings (SSSR count). The number of alkyl halides is 3. The van der Waals surface area contributed by atoms with Crippen LogP contribution >= 0.6 is 34.8 Å². The molecule has 7 nitrogen and oxygen atoms in total. The van der Waals surface area contributed by atoms with Crippen LogP contribution in [0.3, 0.4) is 0 Å². The van der Waals surface area contributed by atoms with E-state index in [9.17, 15) is 31.2 Å². The molecule has 0 radical (unpaired) electrons. The van der Waals surface area contributed by atoms with E-state index < -0.39 is 56.9 Å². The van der Waals surface area contributed by atoms with E-state index in [4.69, 9.17) is 34.8 Å². The molecule has 0 saturated carbocycles. The fourth-order valence-corrected chi connectivity index (χ4v) is 5.22. The lowest BCUT2D eigenvalue weighted by atomic mass is 10.1. The van der Waals surface area contributed by atoms with Crippen LogP contribution in [0.1, 0.15) is 37.8 Å². The number of nitrogens with zero attached hydrogens (tertiary/aromatic N) is 2. The smallest absolute Gasteiger partial charge is 0.354 e. The molecule has 0 aliphatic carbocycles. The second-order valence-corrected chi connectivity index (χ2v) is 11.5. The van der Waals surface area contributed by atoms with E-state index in [1.807, 2.05) is 6.92 Å². The van der Waals surface area contributed by atoms with Gasteiger partial charge in [-0.05, 0) is 43.2 Å². The molecule has 0 heterocycles. The highest BCUT2D eigenvalue weighted by Crippen LogP contribution is 2.37. The van der Waals surface area contributed by atoms with Crippen LogP contribution in [0, 0.1) is 0 Å². The largest absolute Gasteiger partial charge is 0.417 e. The zero-order valence-electron chi connectivity index (χ0n) is 20.8. The minimum atomic E-state index is -4.86. The summed E-state index contributed by atoms with van der Waals surface area (Å²) >= 11 is 18.3. The first-order valence-corrected chi connectivity index (χ1v) is 14.4. The van der Waals surface area contributed by atoms with Gasteiger partial charge in [0, 0.05) is 28.7 Å². The van der Waals surface area contributed by atoms with Crippen molar-refractivity contribution in [1.29, 1.82) is 0 Å². The van der Waals surface area contributed by atoms with Gasteiger partial charge in [0.2, 0.25) is 21.8 Å². The van der Waals surface area contributed by atoms with E-state index in [1.165, 1.54) is 0 Å². The van der Waals surface area contributed by atoms with Crippen molar-refractivity contribution in [1.82, 2.24) is 10.2 Å². The van der Waals surface area contributed by atoms with Gasteiger partial charge in [0.1, 0.15) is 12.6 Å². The van der Waals surface area contributed by atoms with E-state index >= 15 is 0 Å². The summed E-state index contributed by atoms with van der Waals surface area (Å²) in [6.45, 7) is 2.70. The number of benzene rings is 2. The van der Waals surface area contributed by atoms with Gasteiger partial charge >= 0.3 is 6.18 Å². The SMILES string of the molecule is CCCNC(=O)[C@@H](CC)N(Cc1c(Cl)cccc1Cl)C(=O)CN(c1ccc(Cl)c(C(F)(F)F)c1)S(C)(=O)=O. The predicted octanol–water partition coefficient (Wildman–Crippen LogP) is 5.77. The molecule has 2 amide bonds. The van der Waals surface area contributed by atoms with Gasteiger partial charge in [0.25, 0.3) is 0 Å². The van der Waals surface area contributed by atoms with Crippen molar-refractivity contribution in [3.8, 4) is 0 Å². The first-order valence-electron chi connectivity index (χ1n) is 11.5. The maximum Gasteiger partial charge on any atom is 0.417 e. The van der Waals surface area contributed by atoms with Crippen LogP contribution in [0.2, 0.25) is 15.1 Å². The van der Waals surface area contributed by atoms with Crippen molar-refractivity contribution >= 4 is 62.3 Å². The lowest BCUT2D eigenvalue weighted by molar-refractivity contribution is -0.140. The minimum absolute atomic E-state index is 0.154. The van der Waals surface area contributed by atoms with E-state index in [1.54, 1.807) is 25.1 Å². The van der Waals surface area contributed by atoms with Gasteiger partial charge in [-0.15, -0.1) is 0 Å². The predicted molar refractivity (Wildman–Crippen MR) is 143 cm³/mol. The van der Waals surface area contributed by atoms with Gasteiger partial charge in [-0.2, -0.15) is 13.2 Å². The van der Waals surface area contributed by atoms with Crippen molar-refractivity contribution < 1.29 is 31.2 Å². The molecule has 38 heavy (non-hydrogen) atoms. The average molecular weight is 617 g/mol. The highest BCUT2D eigenvalue weighted by atomic mass is 35.5. The number of carbonyl (C=O) groups is 2. The first kappa shape index (κ1) is 32.0. The molecule has 0 unspecified atom stereocenters. The Labute approximate surface area is 234 Å². The number of carbonyl (C=O) groups excluding carboxylic acids is 2. The third kappa shape index (κ3) is 8.14. The Morgan fingerprint density at radius 2 is 1.63 bits per heavy atom. The molecule has 2 aromatic rings. The van der Waals surface area contributed by atoms with E-state index in [-0.39, 0.29) is 23.0 Å². The van der Waals surface area contributed by atoms with Crippen LogP contribution in [0.4, 0.5) is 18.9 Å². The fraction of sp³-hybridized carbons (Fsp3) is 0.417. The molecule has 0 aromatic heterocycles. The number of hydrogen-bond donors (Lipinski definition) is 1. The molecular weight excluding hydrogens is 590 g/mol. The number of sulfonamides is 1. The maximum atomic E-state index is 13.6. The van der Waals surface area contributed by atoms with Gasteiger partial charge in [0.15, 0.2) is 0 Å². The van der Waals surface area contributed by atoms with Gasteiger partial charge in [-0.1, -0.05) is 54.7 Å². The second-order valence-electron chi connectivity index (χ2n) is 8.37. The van der Waals surface area contributed by atoms with Crippen LogP contribution in [0.25, 0.3) is 0 Å². The van der Waals surface area contributed by atoms with Gasteiger partial charge in [0.05, 0.1) is 22.5 Å². The average Bonchev–Trinajstić information content (AvgIpc) is 2.81. The number of amides is 2. The maximum absolute atomic E-state index is 13.6. The van der Waals surface area contributed by atoms with Crippen LogP contribution in [0.15, 0.2) is 36.4 Å². The Kier molecular flexibility index (Phi) is 11.1. The highest BCUT2D eigenvalue weighted by molar-refractivity contribution is 7.92. The van der Waals surface area contributed by atoms with E-state index in [0.717, 1.165) is 23.3 Å². The standard InChI is InChI=1S/C24H27Cl3F3N3O4S/c1-4-11-31-23(35)21(5-2)32(13-16-18(25)7-6-8-19(16)26)22(34)14-33(38(3,36)37)15-9-10-20(27)17(12-15)24(28,29)30/h6-10,12,21H,4-5,11,13-14H2,1-3H3,(H,31,35)/t21-/m1/s1. The topological polar surface area (TPSA) is 86.8 Å². The van der Waals surface area contributed by atoms with Crippen LogP contribution < -0.4 is 9.62 Å². The highest BCUT2D eigenvalue weighted by Gasteiger charge is 2.36. The third-order valence-corrected chi connectivity index (χ3v) is 7.73. The molecule has 0 fully saturated rings. The van der Waals surface area contributed by atoms with Crippen LogP contribution in [-0.4, -0.2) is 50.5 Å². The number of nitrogens with one attached hydrogen (secondary N) is 1. The molecule has 0 aliphatic rings. The first-order chi connectivity index (χ1) is 17.6. The molecular formula is C24H27Cl3F3N3O4S. The summed E-state index contributed by atoms with van der Waals surface area (Å²) < 4.78 is 66.1. The van der Waals surface area contributed by atoms with Crippen molar-refractivity contribution in [3.05, 3.63) is 62.6 Å². The van der Waals surface area contributed by atoms with Gasteiger partial charge in [-0.3, -0.25) is 13.9 Å². The Hall–Kier alpha value is -2.21. The number of rotatable bonds is 11. The molecule has 0 spiro atoms. The molecule has 2 aromatic carbocycles. The molecule has 1 N–H and O–H groups in total. The summed E-state index contributed by atoms with van der Waals surface area (Å²) in [6, 6.07) is 6.15. The summed E-state index contributed by atoms with van der Waals surface area (Å²) in [6.07, 6.45) is -3.33. The molecule has 210 valence electrons. The summed E-state index contributed by atoms with van der Waals surface area (Å²) in [5, 5.41) is 2.51. The van der Waals surface area contributed by atoms with Crippen molar-refractivity contribution in [2.24, 2.45) is 0 Å². The van der Waals surface area contributed by atoms with Crippen LogP contribution in [-0.2, 0) is 32.3 Å². The quantitative estimate of drug-likeness (QED) is 0.348. The van der Waals surface area contributed by atoms with E-state index in [2.05, 4.69) is 5.32 Å². The van der Waals surface area contributed by atoms with Crippen molar-refractivity contribution in [2.75, 3.05) is 23.7 Å². The van der Waals surface area contributed by atoms with Gasteiger partial charge in [-0.25, -0.2) is 8.42 Å². The number of hydrogen-bond acceptors (Lipinski definition) is 4. The number of halogens is 6. The van der Waals surface area contributed by atoms with E-state index in [0.29, 0.717) is 28.9 Å². The Balaban J connectivity index is 2.57. The fourth-order valence-electron chi connectivity index (χ4n) is 3.64. The minimum Gasteiger partial charge on any atom is -0.354 e. The number of anilines is 1. The zero-order chi connectivity index (χ0) is 28.8. The molecule has 0 bridgehead atoms. The molecule has 14 heteroatoms. The van der Waals surface area contributed by atoms with Crippen LogP contribution in [0.5, 0.6) is 0 Å². The monoisotopic (exact) mass is 615 g/mol. The summed E-state index contributed by atoms with van der Waals surface area (Å²) in [5.41, 5.74) is -1.36. The Bertz CT molecular complexity index is 1260. The summed E-state index contributed by atoms with van der Waals surface area (Å²) in [7, 11) is -4.25. The second kappa shape index (κ2) is 13.2. The Morgan fingerprint density at radius 1 is 1.03 bits per heavy atom. The third-order valence-electron chi connectivity index (χ3n) is 5.55. The lowest BCUT2D eigenvalue weighted by Gasteiger charge is -2.33. The van der Waals surface area contributed by atoms with Crippen molar-refractivity contribution in [2.45, 2.75) is 45.5 Å². The molecule has 1 atom stereocenters. The van der Waals surface area contributed by atoms with Crippen molar-refractivity contribution in [3.63, 3.8) is 0 Å². The zero-order valence-corrected chi connectivity index (χ0v) is 23.9. The van der Waals surface area contributed by atoms with Gasteiger partial charge < -0.3 is 10.2 Å². The Morgan fingerprint density at radius 3 is 2.13 bits per heavy atom. The lowest BCUT2D eigenvalue weighted by Crippen LogP contribution is -2.52. The summed E-state index contributed by atoms with van der Waals surface area (Å²) in [4.78, 5) is 27.7. The molecule has 0 aliphatic heterocycles.